The van der Waals surface area contributed by atoms with Crippen molar-refractivity contribution in [1.82, 2.24) is 19.9 Å². The number of rotatable bonds is 6. The number of thiazole rings is 1. The van der Waals surface area contributed by atoms with E-state index in [1.54, 1.807) is 19.4 Å². The zero-order chi connectivity index (χ0) is 28.0. The van der Waals surface area contributed by atoms with Crippen molar-refractivity contribution >= 4 is 44.4 Å². The molecular weight excluding hydrogens is 534 g/mol. The Kier molecular flexibility index (Phi) is 6.46. The Labute approximate surface area is 233 Å². The van der Waals surface area contributed by atoms with Crippen molar-refractivity contribution in [2.45, 2.75) is 20.0 Å². The first kappa shape index (κ1) is 25.6. The third kappa shape index (κ3) is 4.56. The molecule has 0 fully saturated rings. The van der Waals surface area contributed by atoms with Gasteiger partial charge in [-0.15, -0.1) is 11.3 Å². The highest BCUT2D eigenvalue weighted by Gasteiger charge is 2.30. The fraction of sp³-hybridized carbons (Fsp3) is 0.250. The van der Waals surface area contributed by atoms with Gasteiger partial charge >= 0.3 is 6.09 Å². The van der Waals surface area contributed by atoms with E-state index in [2.05, 4.69) is 15.0 Å². The first-order valence-corrected chi connectivity index (χ1v) is 13.2. The number of carboxylic acid groups (broad SMARTS) is 1. The SMILES string of the molecule is COc1cncc(N(C[C@@H]2COc3c(cc(C)c4nc(-c5cc(C)cc6nc(OC)cnc56)sc34)O2)C(=O)O)c1. The molecule has 1 amide bonds. The van der Waals surface area contributed by atoms with Gasteiger partial charge in [0.05, 0.1) is 61.6 Å². The number of aryl methyl sites for hydroxylation is 2. The predicted octanol–water partition coefficient (Wildman–Crippen LogP) is 5.26. The van der Waals surface area contributed by atoms with Crippen LogP contribution in [0.4, 0.5) is 10.5 Å². The lowest BCUT2D eigenvalue weighted by atomic mass is 10.1. The second-order valence-corrected chi connectivity index (χ2v) is 10.3. The quantitative estimate of drug-likeness (QED) is 0.294. The second-order valence-electron chi connectivity index (χ2n) is 9.34. The Hall–Kier alpha value is -4.71. The maximum Gasteiger partial charge on any atom is 0.411 e. The highest BCUT2D eigenvalue weighted by atomic mass is 32.1. The number of pyridine rings is 1. The molecule has 2 aromatic carbocycles. The first-order valence-electron chi connectivity index (χ1n) is 12.4. The molecule has 204 valence electrons. The van der Waals surface area contributed by atoms with Crippen LogP contribution in [0.25, 0.3) is 31.8 Å². The highest BCUT2D eigenvalue weighted by Crippen LogP contribution is 2.46. The first-order chi connectivity index (χ1) is 19.3. The molecule has 1 N–H and O–H groups in total. The Bertz CT molecular complexity index is 1770. The molecule has 0 bridgehead atoms. The summed E-state index contributed by atoms with van der Waals surface area (Å²) < 4.78 is 23.8. The number of nitrogens with zero attached hydrogens (tertiary/aromatic N) is 5. The Morgan fingerprint density at radius 2 is 1.95 bits per heavy atom. The topological polar surface area (TPSA) is 129 Å². The lowest BCUT2D eigenvalue weighted by Gasteiger charge is -2.30. The average molecular weight is 560 g/mol. The summed E-state index contributed by atoms with van der Waals surface area (Å²) in [6.45, 7) is 4.18. The zero-order valence-electron chi connectivity index (χ0n) is 22.2. The molecule has 12 heteroatoms. The lowest BCUT2D eigenvalue weighted by molar-refractivity contribution is 0.0961. The minimum Gasteiger partial charge on any atom is -0.495 e. The summed E-state index contributed by atoms with van der Waals surface area (Å²) >= 11 is 1.49. The molecule has 1 atom stereocenters. The maximum absolute atomic E-state index is 12.1. The fourth-order valence-corrected chi connectivity index (χ4v) is 5.83. The minimum atomic E-state index is -1.13. The molecule has 6 rings (SSSR count). The van der Waals surface area contributed by atoms with Crippen LogP contribution in [0.5, 0.6) is 23.1 Å². The van der Waals surface area contributed by atoms with Crippen LogP contribution in [0.3, 0.4) is 0 Å². The van der Waals surface area contributed by atoms with Crippen LogP contribution in [0.15, 0.2) is 42.9 Å². The monoisotopic (exact) mass is 559 g/mol. The largest absolute Gasteiger partial charge is 0.495 e. The van der Waals surface area contributed by atoms with E-state index in [0.29, 0.717) is 28.8 Å². The molecule has 0 saturated carbocycles. The van der Waals surface area contributed by atoms with Crippen LogP contribution in [0.1, 0.15) is 11.1 Å². The average Bonchev–Trinajstić information content (AvgIpc) is 3.41. The summed E-state index contributed by atoms with van der Waals surface area (Å²) in [6, 6.07) is 7.50. The van der Waals surface area contributed by atoms with E-state index in [-0.39, 0.29) is 13.2 Å². The van der Waals surface area contributed by atoms with Crippen molar-refractivity contribution in [2.24, 2.45) is 0 Å². The highest BCUT2D eigenvalue weighted by molar-refractivity contribution is 7.22. The third-order valence-corrected chi connectivity index (χ3v) is 7.64. The third-order valence-electron chi connectivity index (χ3n) is 6.56. The van der Waals surface area contributed by atoms with E-state index in [1.807, 2.05) is 32.0 Å². The standard InChI is InChI=1S/C28H25N5O6S/c1-14-5-19(24-20(6-14)31-22(37-4)11-30-24)27-32-23-15(2)7-21-25(26(23)40-27)38-13-18(39-21)12-33(28(34)35)16-8-17(36-3)10-29-9-16/h5-11,18H,12-13H2,1-4H3,(H,34,35)/t18-/m1/s1. The number of methoxy groups -OCH3 is 2. The number of hydrogen-bond donors (Lipinski definition) is 1. The van der Waals surface area contributed by atoms with Gasteiger partial charge in [-0.05, 0) is 43.2 Å². The minimum absolute atomic E-state index is 0.0477. The Morgan fingerprint density at radius 1 is 1.10 bits per heavy atom. The van der Waals surface area contributed by atoms with Crippen molar-refractivity contribution in [3.8, 4) is 33.7 Å². The van der Waals surface area contributed by atoms with Crippen LogP contribution in [-0.4, -0.2) is 64.6 Å². The molecule has 3 aromatic heterocycles. The normalized spacial score (nSPS) is 14.3. The molecule has 0 saturated heterocycles. The maximum atomic E-state index is 12.1. The molecule has 0 spiro atoms. The van der Waals surface area contributed by atoms with Crippen molar-refractivity contribution in [1.29, 1.82) is 0 Å². The smallest absolute Gasteiger partial charge is 0.411 e. The van der Waals surface area contributed by atoms with Crippen molar-refractivity contribution in [2.75, 3.05) is 32.3 Å². The molecule has 0 unspecified atom stereocenters. The molecule has 0 radical (unpaired) electrons. The number of ether oxygens (including phenoxy) is 4. The molecule has 4 heterocycles. The number of carbonyl (C=O) groups is 1. The van der Waals surface area contributed by atoms with Gasteiger partial charge in [0.15, 0.2) is 17.6 Å². The summed E-state index contributed by atoms with van der Waals surface area (Å²) in [7, 11) is 3.06. The number of aromatic nitrogens is 4. The van der Waals surface area contributed by atoms with Crippen molar-refractivity contribution < 1.29 is 28.8 Å². The van der Waals surface area contributed by atoms with Gasteiger partial charge in [0.2, 0.25) is 5.88 Å². The van der Waals surface area contributed by atoms with Crippen LogP contribution in [-0.2, 0) is 0 Å². The molecule has 40 heavy (non-hydrogen) atoms. The van der Waals surface area contributed by atoms with E-state index in [1.165, 1.54) is 35.7 Å². The van der Waals surface area contributed by atoms with Gasteiger partial charge in [0, 0.05) is 11.6 Å². The summed E-state index contributed by atoms with van der Waals surface area (Å²) in [5.74, 6) is 2.04. The number of anilines is 1. The van der Waals surface area contributed by atoms with E-state index in [9.17, 15) is 9.90 Å². The van der Waals surface area contributed by atoms with Gasteiger partial charge in [0.1, 0.15) is 22.1 Å². The van der Waals surface area contributed by atoms with E-state index < -0.39 is 12.2 Å². The van der Waals surface area contributed by atoms with Gasteiger partial charge in [-0.3, -0.25) is 9.88 Å². The summed E-state index contributed by atoms with van der Waals surface area (Å²) in [5, 5.41) is 10.7. The zero-order valence-corrected chi connectivity index (χ0v) is 23.0. The van der Waals surface area contributed by atoms with Crippen LogP contribution >= 0.6 is 11.3 Å². The van der Waals surface area contributed by atoms with Gasteiger partial charge in [0.25, 0.3) is 0 Å². The van der Waals surface area contributed by atoms with E-state index in [4.69, 9.17) is 23.9 Å². The molecule has 1 aliphatic rings. The Balaban J connectivity index is 1.34. The van der Waals surface area contributed by atoms with E-state index >= 15 is 0 Å². The van der Waals surface area contributed by atoms with Gasteiger partial charge in [-0.2, -0.15) is 0 Å². The molecule has 0 aliphatic carbocycles. The number of fused-ring (bicyclic) bond motifs is 4. The number of benzene rings is 2. The van der Waals surface area contributed by atoms with Gasteiger partial charge in [-0.25, -0.2) is 19.7 Å². The number of hydrogen-bond acceptors (Lipinski definition) is 10. The lowest BCUT2D eigenvalue weighted by Crippen LogP contribution is -2.43. The predicted molar refractivity (Wildman–Crippen MR) is 150 cm³/mol. The second kappa shape index (κ2) is 10.1. The van der Waals surface area contributed by atoms with Gasteiger partial charge in [-0.1, -0.05) is 0 Å². The summed E-state index contributed by atoms with van der Waals surface area (Å²) in [5.41, 5.74) is 5.46. The van der Waals surface area contributed by atoms with Crippen molar-refractivity contribution in [3.05, 3.63) is 54.0 Å². The molecule has 11 nitrogen and oxygen atoms in total. The van der Waals surface area contributed by atoms with E-state index in [0.717, 1.165) is 42.9 Å². The van der Waals surface area contributed by atoms with Crippen LogP contribution in [0.2, 0.25) is 0 Å². The summed E-state index contributed by atoms with van der Waals surface area (Å²) in [6.07, 6.45) is 2.91. The molecular formula is C28H25N5O6S. The molecule has 1 aliphatic heterocycles. The Morgan fingerprint density at radius 3 is 2.73 bits per heavy atom. The van der Waals surface area contributed by atoms with Crippen molar-refractivity contribution in [3.63, 3.8) is 0 Å². The summed E-state index contributed by atoms with van der Waals surface area (Å²) in [4.78, 5) is 31.4. The van der Waals surface area contributed by atoms with Crippen LogP contribution < -0.4 is 23.8 Å². The van der Waals surface area contributed by atoms with Gasteiger partial charge < -0.3 is 24.1 Å². The fourth-order valence-electron chi connectivity index (χ4n) is 4.68. The van der Waals surface area contributed by atoms with Crippen LogP contribution in [0, 0.1) is 13.8 Å². The molecule has 5 aromatic rings. The number of amides is 1.